The van der Waals surface area contributed by atoms with Crippen LogP contribution in [0.15, 0.2) is 103 Å². The van der Waals surface area contributed by atoms with Crippen molar-refractivity contribution in [2.75, 3.05) is 84.4 Å². The SMILES string of the molecule is O=IN(O)c1cccc(C(CCOCC(CNC(=O)Nc2ccc(NC(=O)NCC3CCCO3)cc2)Cc2ccccc2)NC(=O)NCCC(=O)N2CCN(c3ccccn3)CC2)c1. The maximum Gasteiger partial charge on any atom is 0.319 e. The summed E-state index contributed by atoms with van der Waals surface area (Å²) in [6.45, 7) is 4.62. The van der Waals surface area contributed by atoms with Crippen LogP contribution in [0, 0.1) is 5.92 Å². The molecule has 3 heterocycles. The summed E-state index contributed by atoms with van der Waals surface area (Å²) in [5.41, 5.74) is 3.20. The van der Waals surface area contributed by atoms with E-state index in [-0.39, 0.29) is 43.5 Å². The van der Waals surface area contributed by atoms with Gasteiger partial charge in [0, 0.05) is 88.9 Å². The maximum absolute atomic E-state index is 13.2. The average Bonchev–Trinajstić information content (AvgIpc) is 3.86. The fourth-order valence-electron chi connectivity index (χ4n) is 7.42. The Kier molecular flexibility index (Phi) is 18.9. The Morgan fingerprint density at radius 3 is 2.28 bits per heavy atom. The van der Waals surface area contributed by atoms with Crippen molar-refractivity contribution < 1.29 is 36.9 Å². The van der Waals surface area contributed by atoms with Gasteiger partial charge in [-0.2, -0.15) is 3.28 Å². The van der Waals surface area contributed by atoms with Gasteiger partial charge in [0.15, 0.2) is 0 Å². The lowest BCUT2D eigenvalue weighted by Gasteiger charge is -2.35. The van der Waals surface area contributed by atoms with Crippen molar-refractivity contribution >= 4 is 68.3 Å². The molecule has 7 amide bonds. The number of nitrogens with zero attached hydrogens (tertiary/aromatic N) is 4. The first-order valence-electron chi connectivity index (χ1n) is 21.5. The van der Waals surface area contributed by atoms with E-state index in [0.29, 0.717) is 84.6 Å². The highest BCUT2D eigenvalue weighted by molar-refractivity contribution is 14.1. The zero-order valence-corrected chi connectivity index (χ0v) is 37.8. The molecule has 342 valence electrons. The van der Waals surface area contributed by atoms with Crippen LogP contribution in [0.25, 0.3) is 0 Å². The van der Waals surface area contributed by atoms with Gasteiger partial charge in [0.1, 0.15) is 5.82 Å². The summed E-state index contributed by atoms with van der Waals surface area (Å²) < 4.78 is 24.0. The molecule has 3 unspecified atom stereocenters. The second-order valence-electron chi connectivity index (χ2n) is 15.5. The number of nitrogens with one attached hydrogen (secondary N) is 6. The number of urea groups is 3. The molecule has 18 nitrogen and oxygen atoms in total. The van der Waals surface area contributed by atoms with Gasteiger partial charge in [-0.05, 0) is 85.3 Å². The van der Waals surface area contributed by atoms with Crippen molar-refractivity contribution in [2.24, 2.45) is 5.92 Å². The van der Waals surface area contributed by atoms with E-state index in [1.165, 1.54) is 0 Å². The smallest absolute Gasteiger partial charge is 0.319 e. The fourth-order valence-corrected chi connectivity index (χ4v) is 7.95. The van der Waals surface area contributed by atoms with Crippen LogP contribution in [-0.4, -0.2) is 111 Å². The van der Waals surface area contributed by atoms with Gasteiger partial charge < -0.3 is 51.2 Å². The minimum Gasteiger partial charge on any atom is -0.381 e. The van der Waals surface area contributed by atoms with Gasteiger partial charge in [0.25, 0.3) is 21.5 Å². The van der Waals surface area contributed by atoms with Gasteiger partial charge >= 0.3 is 18.1 Å². The number of ether oxygens (including phenoxy) is 2. The third kappa shape index (κ3) is 15.7. The van der Waals surface area contributed by atoms with Crippen LogP contribution >= 0.6 is 21.5 Å². The molecule has 0 radical (unpaired) electrons. The first-order valence-corrected chi connectivity index (χ1v) is 23.3. The van der Waals surface area contributed by atoms with E-state index in [4.69, 9.17) is 9.47 Å². The number of pyridine rings is 1. The van der Waals surface area contributed by atoms with Crippen molar-refractivity contribution in [3.63, 3.8) is 0 Å². The number of carbonyl (C=O) groups excluding carboxylic acids is 4. The van der Waals surface area contributed by atoms with Crippen molar-refractivity contribution in [1.29, 1.82) is 0 Å². The molecule has 4 aromatic rings. The largest absolute Gasteiger partial charge is 0.381 e. The van der Waals surface area contributed by atoms with Gasteiger partial charge in [-0.1, -0.05) is 48.5 Å². The molecule has 19 heteroatoms. The standard InChI is InChI=1S/C45H57IN10O8/c57-42(55-24-22-54(23-25-55)41-13-4-5-20-47-41)18-21-48-43(58)53-40(35-10-6-11-38(29-35)56(62)46-61)19-27-63-32-34(28-33-8-2-1-3-9-33)30-49-44(59)51-36-14-16-37(17-15-36)52-45(60)50-31-39-12-7-26-64-39/h1-6,8-11,13-17,20,29,34,39-40,62H,7,12,18-19,21-28,30-32H2,(H2,48,53,58)(H2,49,51,59)(H2,50,52,60). The highest BCUT2D eigenvalue weighted by atomic mass is 127. The number of amides is 7. The number of carbonyl (C=O) groups is 4. The summed E-state index contributed by atoms with van der Waals surface area (Å²) in [5, 5.41) is 27.4. The summed E-state index contributed by atoms with van der Waals surface area (Å²) >= 11 is -1.88. The number of aromatic nitrogens is 1. The molecular formula is C45H57IN10O8. The van der Waals surface area contributed by atoms with Crippen molar-refractivity contribution in [3.05, 3.63) is 114 Å². The van der Waals surface area contributed by atoms with Gasteiger partial charge in [-0.25, -0.2) is 22.4 Å². The topological polar surface area (TPSA) is 219 Å². The third-order valence-electron chi connectivity index (χ3n) is 10.8. The molecule has 2 aliphatic heterocycles. The summed E-state index contributed by atoms with van der Waals surface area (Å²) in [6, 6.07) is 27.5. The predicted molar refractivity (Wildman–Crippen MR) is 251 cm³/mol. The number of hydrogen-bond acceptors (Lipinski definition) is 10. The van der Waals surface area contributed by atoms with Crippen LogP contribution < -0.4 is 40.1 Å². The molecule has 1 aromatic heterocycles. The lowest BCUT2D eigenvalue weighted by Crippen LogP contribution is -2.49. The second kappa shape index (κ2) is 25.4. The number of anilines is 4. The number of halogens is 1. The van der Waals surface area contributed by atoms with Crippen LogP contribution in [0.5, 0.6) is 0 Å². The average molecular weight is 993 g/mol. The third-order valence-corrected chi connectivity index (χ3v) is 11.8. The Labute approximate surface area is 383 Å². The van der Waals surface area contributed by atoms with Crippen molar-refractivity contribution in [1.82, 2.24) is 31.2 Å². The normalized spacial score (nSPS) is 15.7. The molecule has 3 aromatic carbocycles. The first kappa shape index (κ1) is 47.6. The lowest BCUT2D eigenvalue weighted by atomic mass is 10.00. The second-order valence-corrected chi connectivity index (χ2v) is 16.8. The molecule has 3 atom stereocenters. The lowest BCUT2D eigenvalue weighted by molar-refractivity contribution is -0.131. The van der Waals surface area contributed by atoms with Gasteiger partial charge in [-0.3, -0.25) is 10.0 Å². The highest BCUT2D eigenvalue weighted by Gasteiger charge is 2.23. The molecule has 0 bridgehead atoms. The van der Waals surface area contributed by atoms with E-state index < -0.39 is 39.6 Å². The number of rotatable bonds is 21. The van der Waals surface area contributed by atoms with Crippen LogP contribution in [0.1, 0.15) is 42.9 Å². The van der Waals surface area contributed by atoms with Crippen molar-refractivity contribution in [2.45, 2.75) is 44.2 Å². The van der Waals surface area contributed by atoms with E-state index in [0.717, 1.165) is 30.8 Å². The van der Waals surface area contributed by atoms with E-state index >= 15 is 0 Å². The monoisotopic (exact) mass is 992 g/mol. The Morgan fingerprint density at radius 2 is 1.59 bits per heavy atom. The van der Waals surface area contributed by atoms with Crippen molar-refractivity contribution in [3.8, 4) is 0 Å². The van der Waals surface area contributed by atoms with E-state index in [9.17, 15) is 27.5 Å². The number of piperazine rings is 1. The Balaban J connectivity index is 0.973. The molecule has 6 rings (SSSR count). The van der Waals surface area contributed by atoms with Crippen LogP contribution in [0.3, 0.4) is 0 Å². The molecule has 2 fully saturated rings. The molecule has 7 N–H and O–H groups in total. The highest BCUT2D eigenvalue weighted by Crippen LogP contribution is 2.26. The van der Waals surface area contributed by atoms with Crippen LogP contribution in [0.4, 0.5) is 37.3 Å². The molecular weight excluding hydrogens is 935 g/mol. The van der Waals surface area contributed by atoms with E-state index in [1.807, 2.05) is 48.5 Å². The number of benzene rings is 3. The van der Waals surface area contributed by atoms with Gasteiger partial charge in [0.05, 0.1) is 24.4 Å². The Hall–Kier alpha value is -5.90. The Bertz CT molecular complexity index is 2090. The summed E-state index contributed by atoms with van der Waals surface area (Å²) in [4.78, 5) is 59.9. The summed E-state index contributed by atoms with van der Waals surface area (Å²) in [6.07, 6.45) is 4.84. The summed E-state index contributed by atoms with van der Waals surface area (Å²) in [7, 11) is 0. The minimum absolute atomic E-state index is 0.0405. The zero-order valence-electron chi connectivity index (χ0n) is 35.6. The van der Waals surface area contributed by atoms with E-state index in [1.54, 1.807) is 59.6 Å². The molecule has 2 saturated heterocycles. The molecule has 64 heavy (non-hydrogen) atoms. The quantitative estimate of drug-likeness (QED) is 0.0223. The molecule has 0 saturated carbocycles. The zero-order chi connectivity index (χ0) is 44.9. The van der Waals surface area contributed by atoms with Crippen LogP contribution in [0.2, 0.25) is 0 Å². The van der Waals surface area contributed by atoms with E-state index in [2.05, 4.69) is 41.8 Å². The predicted octanol–water partition coefficient (Wildman–Crippen LogP) is 5.98. The fraction of sp³-hybridized carbons (Fsp3) is 0.400. The maximum atomic E-state index is 13.2. The minimum atomic E-state index is -1.88. The molecule has 2 aliphatic rings. The summed E-state index contributed by atoms with van der Waals surface area (Å²) in [5.74, 6) is 0.729. The molecule has 0 spiro atoms. The van der Waals surface area contributed by atoms with Gasteiger partial charge in [-0.15, -0.1) is 0 Å². The molecule has 0 aliphatic carbocycles. The van der Waals surface area contributed by atoms with Gasteiger partial charge in [0.2, 0.25) is 5.91 Å². The Morgan fingerprint density at radius 1 is 0.859 bits per heavy atom. The first-order chi connectivity index (χ1) is 31.2. The van der Waals surface area contributed by atoms with Crippen LogP contribution in [-0.2, 0) is 23.8 Å². The number of hydrogen-bond donors (Lipinski definition) is 7.